The minimum atomic E-state index is -0.833. The van der Waals surface area contributed by atoms with Gasteiger partial charge in [-0.15, -0.1) is 11.3 Å². The molecule has 11 heteroatoms. The van der Waals surface area contributed by atoms with Crippen molar-refractivity contribution >= 4 is 56.2 Å². The predicted molar refractivity (Wildman–Crippen MR) is 161 cm³/mol. The van der Waals surface area contributed by atoms with Crippen LogP contribution in [0, 0.1) is 11.7 Å². The number of carbonyl (C=O) groups excluding carboxylic acids is 2. The minimum Gasteiger partial charge on any atom is -0.493 e. The summed E-state index contributed by atoms with van der Waals surface area (Å²) < 4.78 is 26.3. The highest BCUT2D eigenvalue weighted by Crippen LogP contribution is 2.39. The molecule has 8 nitrogen and oxygen atoms in total. The first-order valence-corrected chi connectivity index (χ1v) is 14.4. The summed E-state index contributed by atoms with van der Waals surface area (Å²) in [5.41, 5.74) is 2.37. The largest absolute Gasteiger partial charge is 0.493 e. The fraction of sp³-hybridized carbons (Fsp3) is 0.194. The van der Waals surface area contributed by atoms with Crippen molar-refractivity contribution in [3.63, 3.8) is 0 Å². The Balaban J connectivity index is 1.11. The molecule has 2 N–H and O–H groups in total. The van der Waals surface area contributed by atoms with Crippen LogP contribution in [0.25, 0.3) is 10.2 Å². The lowest BCUT2D eigenvalue weighted by Crippen LogP contribution is -2.39. The van der Waals surface area contributed by atoms with Gasteiger partial charge in [-0.2, -0.15) is 0 Å². The van der Waals surface area contributed by atoms with Crippen molar-refractivity contribution in [1.29, 1.82) is 0 Å². The third kappa shape index (κ3) is 5.98. The molecule has 6 rings (SSSR count). The number of rotatable bonds is 7. The van der Waals surface area contributed by atoms with Crippen LogP contribution in [0.1, 0.15) is 39.0 Å². The Hall–Kier alpha value is -4.32. The molecule has 0 aliphatic carbocycles. The Kier molecular flexibility index (Phi) is 7.88. The SMILES string of the molecule is O=C(NC(=O)c1cccc(C[C@H]2COc3ccc(OCc4nc5cc(F)ccc5s4)cc3[C@H]2O)c1)C1=NC=CCC1=S. The van der Waals surface area contributed by atoms with E-state index >= 15 is 0 Å². The maximum atomic E-state index is 13.5. The van der Waals surface area contributed by atoms with Gasteiger partial charge in [0, 0.05) is 35.7 Å². The zero-order chi connectivity index (χ0) is 29.2. The number of aromatic nitrogens is 1. The van der Waals surface area contributed by atoms with Gasteiger partial charge in [0.05, 0.1) is 27.8 Å². The number of halogens is 1. The van der Waals surface area contributed by atoms with Crippen molar-refractivity contribution in [2.45, 2.75) is 25.6 Å². The molecule has 0 spiro atoms. The van der Waals surface area contributed by atoms with Crippen molar-refractivity contribution < 1.29 is 28.6 Å². The predicted octanol–water partition coefficient (Wildman–Crippen LogP) is 5.28. The maximum Gasteiger partial charge on any atom is 0.277 e. The van der Waals surface area contributed by atoms with Gasteiger partial charge < -0.3 is 14.6 Å². The number of hydrogen-bond donors (Lipinski definition) is 2. The maximum absolute atomic E-state index is 13.5. The molecule has 0 bridgehead atoms. The normalized spacial score (nSPS) is 17.8. The van der Waals surface area contributed by atoms with E-state index in [1.165, 1.54) is 29.7 Å². The summed E-state index contributed by atoms with van der Waals surface area (Å²) in [6.45, 7) is 0.490. The summed E-state index contributed by atoms with van der Waals surface area (Å²) in [6.07, 6.45) is 3.27. The number of ether oxygens (including phenoxy) is 2. The molecule has 212 valence electrons. The number of thiazole rings is 1. The topological polar surface area (TPSA) is 110 Å². The van der Waals surface area contributed by atoms with Gasteiger partial charge in [0.25, 0.3) is 11.8 Å². The first kappa shape index (κ1) is 27.8. The molecule has 2 aliphatic rings. The average Bonchev–Trinajstić information content (AvgIpc) is 3.40. The van der Waals surface area contributed by atoms with E-state index in [0.29, 0.717) is 50.9 Å². The molecule has 3 heterocycles. The second-order valence-electron chi connectivity index (χ2n) is 9.90. The summed E-state index contributed by atoms with van der Waals surface area (Å²) in [7, 11) is 0. The molecule has 2 amide bonds. The number of nitrogens with one attached hydrogen (secondary N) is 1. The molecule has 0 fully saturated rings. The van der Waals surface area contributed by atoms with Gasteiger partial charge in [0.15, 0.2) is 0 Å². The lowest BCUT2D eigenvalue weighted by molar-refractivity contribution is -0.113. The Labute approximate surface area is 249 Å². The van der Waals surface area contributed by atoms with E-state index in [2.05, 4.69) is 15.3 Å². The van der Waals surface area contributed by atoms with Crippen molar-refractivity contribution in [3.05, 3.63) is 100 Å². The number of benzene rings is 3. The zero-order valence-corrected chi connectivity index (χ0v) is 23.7. The van der Waals surface area contributed by atoms with E-state index in [1.807, 2.05) is 6.07 Å². The van der Waals surface area contributed by atoms with E-state index in [4.69, 9.17) is 21.7 Å². The van der Waals surface area contributed by atoms with Crippen LogP contribution < -0.4 is 14.8 Å². The van der Waals surface area contributed by atoms with Crippen LogP contribution in [0.3, 0.4) is 0 Å². The van der Waals surface area contributed by atoms with Crippen molar-refractivity contribution in [2.24, 2.45) is 10.9 Å². The minimum absolute atomic E-state index is 0.0666. The number of aliphatic imine (C=N–C) groups is 1. The van der Waals surface area contributed by atoms with Gasteiger partial charge in [-0.05, 0) is 54.4 Å². The van der Waals surface area contributed by atoms with Crippen molar-refractivity contribution in [3.8, 4) is 11.5 Å². The van der Waals surface area contributed by atoms with Gasteiger partial charge in [0.2, 0.25) is 0 Å². The molecule has 1 aromatic heterocycles. The number of imide groups is 1. The van der Waals surface area contributed by atoms with E-state index in [1.54, 1.807) is 48.5 Å². The Bertz CT molecular complexity index is 1780. The third-order valence-electron chi connectivity index (χ3n) is 6.96. The second kappa shape index (κ2) is 11.9. The van der Waals surface area contributed by atoms with E-state index in [0.717, 1.165) is 10.3 Å². The van der Waals surface area contributed by atoms with Crippen LogP contribution in [-0.4, -0.2) is 39.1 Å². The van der Waals surface area contributed by atoms with E-state index in [9.17, 15) is 19.1 Å². The standard InChI is InChI=1S/C31H24FN3O5S2/c32-20-6-9-26-23(13-20)34-27(42-26)16-39-21-7-8-24-22(14-21)29(36)19(15-40-24)12-17-3-1-4-18(11-17)30(37)35-31(38)28-25(41)5-2-10-33-28/h1-4,6-11,13-14,19,29,36H,5,12,15-16H2,(H,35,37,38)/t19-,29-/m0/s1. The van der Waals surface area contributed by atoms with Crippen LogP contribution in [0.2, 0.25) is 0 Å². The summed E-state index contributed by atoms with van der Waals surface area (Å²) in [5, 5.41) is 14.3. The lowest BCUT2D eigenvalue weighted by atomic mass is 9.87. The summed E-state index contributed by atoms with van der Waals surface area (Å²) in [4.78, 5) is 34.1. The first-order valence-electron chi connectivity index (χ1n) is 13.2. The first-order chi connectivity index (χ1) is 20.3. The number of amides is 2. The van der Waals surface area contributed by atoms with Crippen LogP contribution in [0.15, 0.2) is 77.9 Å². The van der Waals surface area contributed by atoms with Gasteiger partial charge in [-0.25, -0.2) is 9.37 Å². The number of aliphatic hydroxyl groups excluding tert-OH is 1. The number of fused-ring (bicyclic) bond motifs is 2. The number of nitrogens with zero attached hydrogens (tertiary/aromatic N) is 2. The molecule has 0 saturated heterocycles. The summed E-state index contributed by atoms with van der Waals surface area (Å²) >= 11 is 6.61. The fourth-order valence-electron chi connectivity index (χ4n) is 4.86. The smallest absolute Gasteiger partial charge is 0.277 e. The van der Waals surface area contributed by atoms with Gasteiger partial charge in [-0.1, -0.05) is 30.4 Å². The highest BCUT2D eigenvalue weighted by molar-refractivity contribution is 7.82. The number of aliphatic hydroxyl groups is 1. The molecule has 4 aromatic rings. The Morgan fingerprint density at radius 1 is 1.14 bits per heavy atom. The molecule has 42 heavy (non-hydrogen) atoms. The van der Waals surface area contributed by atoms with E-state index in [-0.39, 0.29) is 30.7 Å². The van der Waals surface area contributed by atoms with Crippen LogP contribution in [-0.2, 0) is 17.8 Å². The van der Waals surface area contributed by atoms with E-state index < -0.39 is 17.9 Å². The zero-order valence-electron chi connectivity index (χ0n) is 22.1. The average molecular weight is 602 g/mol. The molecular formula is C31H24FN3O5S2. The molecule has 2 aliphatic heterocycles. The molecule has 0 unspecified atom stereocenters. The molecule has 2 atom stereocenters. The highest BCUT2D eigenvalue weighted by Gasteiger charge is 2.30. The van der Waals surface area contributed by atoms with Gasteiger partial charge >= 0.3 is 0 Å². The molecule has 0 radical (unpaired) electrons. The quantitative estimate of drug-likeness (QED) is 0.219. The lowest BCUT2D eigenvalue weighted by Gasteiger charge is -2.30. The summed E-state index contributed by atoms with van der Waals surface area (Å²) in [6, 6.07) is 16.7. The monoisotopic (exact) mass is 601 g/mol. The van der Waals surface area contributed by atoms with Gasteiger partial charge in [0.1, 0.15) is 34.6 Å². The van der Waals surface area contributed by atoms with Crippen LogP contribution >= 0.6 is 23.6 Å². The number of carbonyl (C=O) groups is 2. The number of thiocarbonyl (C=S) groups is 1. The fourth-order valence-corrected chi connectivity index (χ4v) is 5.97. The molecular weight excluding hydrogens is 577 g/mol. The second-order valence-corrected chi connectivity index (χ2v) is 11.5. The van der Waals surface area contributed by atoms with Gasteiger partial charge in [-0.3, -0.25) is 19.9 Å². The van der Waals surface area contributed by atoms with Crippen molar-refractivity contribution in [1.82, 2.24) is 10.3 Å². The summed E-state index contributed by atoms with van der Waals surface area (Å²) in [5.74, 6) is -0.700. The highest BCUT2D eigenvalue weighted by atomic mass is 32.1. The Morgan fingerprint density at radius 2 is 2.02 bits per heavy atom. The van der Waals surface area contributed by atoms with Crippen molar-refractivity contribution in [2.75, 3.05) is 6.61 Å². The molecule has 3 aromatic carbocycles. The van der Waals surface area contributed by atoms with Crippen LogP contribution in [0.5, 0.6) is 11.5 Å². The molecule has 0 saturated carbocycles. The number of hydrogen-bond acceptors (Lipinski definition) is 9. The van der Waals surface area contributed by atoms with Crippen LogP contribution in [0.4, 0.5) is 4.39 Å². The Morgan fingerprint density at radius 3 is 2.88 bits per heavy atom. The number of allylic oxidation sites excluding steroid dienone is 1. The third-order valence-corrected chi connectivity index (χ3v) is 8.33.